The molecule has 0 spiro atoms. The van der Waals surface area contributed by atoms with E-state index in [9.17, 15) is 9.59 Å². The van der Waals surface area contributed by atoms with Gasteiger partial charge in [-0.3, -0.25) is 9.59 Å². The Morgan fingerprint density at radius 2 is 0.600 bits per heavy atom. The van der Waals surface area contributed by atoms with Gasteiger partial charge in [0.25, 0.3) is 0 Å². The lowest BCUT2D eigenvalue weighted by Gasteiger charge is -2.18. The summed E-state index contributed by atoms with van der Waals surface area (Å²) < 4.78 is 17.6. The molecule has 0 N–H and O–H groups in total. The molecule has 0 radical (unpaired) electrons. The van der Waals surface area contributed by atoms with Crippen LogP contribution in [-0.2, 0) is 23.8 Å². The standard InChI is InChI=1S/C65H122O5/c1-4-7-10-13-16-19-22-25-28-31-32-33-36-39-42-45-48-51-54-57-60-68-61-63(70-65(67)59-56-53-50-47-44-41-38-35-30-27-24-21-18-15-12-9-6-3)62-69-64(66)58-55-52-49-46-43-40-37-34-29-26-23-20-17-14-11-8-5-2/h16,19,25-26,28-29,63H,4-15,17-18,20-24,27,30-62H2,1-3H3/b19-16-,28-25-,29-26-. The topological polar surface area (TPSA) is 61.8 Å². The summed E-state index contributed by atoms with van der Waals surface area (Å²) in [5.41, 5.74) is 0. The van der Waals surface area contributed by atoms with Gasteiger partial charge in [-0.2, -0.15) is 0 Å². The van der Waals surface area contributed by atoms with E-state index in [1.807, 2.05) is 0 Å². The van der Waals surface area contributed by atoms with Crippen LogP contribution in [0, 0.1) is 0 Å². The molecule has 5 heteroatoms. The SMILES string of the molecule is CCCCC/C=C\C/C=C\CCCCCCCCCCCCOCC(COC(=O)CCCCCCCCC/C=C\CCCCCCCC)OC(=O)CCCCCCCCCCCCCCCCCCC. The summed E-state index contributed by atoms with van der Waals surface area (Å²) in [5, 5.41) is 0. The van der Waals surface area contributed by atoms with Crippen LogP contribution in [-0.4, -0.2) is 37.9 Å². The van der Waals surface area contributed by atoms with Crippen molar-refractivity contribution in [2.75, 3.05) is 19.8 Å². The van der Waals surface area contributed by atoms with Gasteiger partial charge in [0, 0.05) is 19.4 Å². The number of carbonyl (C=O) groups is 2. The molecule has 1 atom stereocenters. The molecule has 0 aromatic carbocycles. The van der Waals surface area contributed by atoms with E-state index >= 15 is 0 Å². The molecule has 0 fully saturated rings. The van der Waals surface area contributed by atoms with E-state index in [1.165, 1.54) is 263 Å². The third kappa shape index (κ3) is 58.7. The zero-order valence-electron chi connectivity index (χ0n) is 47.6. The molecule has 0 saturated carbocycles. The maximum absolute atomic E-state index is 12.9. The van der Waals surface area contributed by atoms with Gasteiger partial charge in [-0.05, 0) is 77.0 Å². The number of rotatable bonds is 59. The Kier molecular flexibility index (Phi) is 59.8. The normalized spacial score (nSPS) is 12.3. The molecule has 5 nitrogen and oxygen atoms in total. The van der Waals surface area contributed by atoms with Crippen molar-refractivity contribution in [3.63, 3.8) is 0 Å². The van der Waals surface area contributed by atoms with Gasteiger partial charge in [-0.25, -0.2) is 0 Å². The van der Waals surface area contributed by atoms with Crippen molar-refractivity contribution in [1.29, 1.82) is 0 Å². The van der Waals surface area contributed by atoms with Crippen LogP contribution in [0.4, 0.5) is 0 Å². The number of ether oxygens (including phenoxy) is 3. The fraction of sp³-hybridized carbons (Fsp3) is 0.877. The minimum absolute atomic E-state index is 0.0879. The third-order valence-electron chi connectivity index (χ3n) is 14.1. The first-order valence-electron chi connectivity index (χ1n) is 31.5. The average Bonchev–Trinajstić information content (AvgIpc) is 3.36. The zero-order valence-corrected chi connectivity index (χ0v) is 47.6. The molecule has 0 amide bonds. The molecule has 1 unspecified atom stereocenters. The van der Waals surface area contributed by atoms with E-state index in [0.717, 1.165) is 44.9 Å². The lowest BCUT2D eigenvalue weighted by Crippen LogP contribution is -2.30. The van der Waals surface area contributed by atoms with Crippen LogP contribution in [0.15, 0.2) is 36.5 Å². The average molecular weight is 984 g/mol. The van der Waals surface area contributed by atoms with E-state index in [0.29, 0.717) is 26.1 Å². The highest BCUT2D eigenvalue weighted by atomic mass is 16.6. The lowest BCUT2D eigenvalue weighted by atomic mass is 10.0. The smallest absolute Gasteiger partial charge is 0.306 e. The molecule has 0 bridgehead atoms. The summed E-state index contributed by atoms with van der Waals surface area (Å²) in [6, 6.07) is 0. The Hall–Kier alpha value is -1.88. The van der Waals surface area contributed by atoms with Crippen LogP contribution in [0.25, 0.3) is 0 Å². The van der Waals surface area contributed by atoms with Crippen molar-refractivity contribution in [2.45, 2.75) is 348 Å². The third-order valence-corrected chi connectivity index (χ3v) is 14.1. The maximum atomic E-state index is 12.9. The fourth-order valence-corrected chi connectivity index (χ4v) is 9.42. The molecule has 0 aromatic heterocycles. The molecule has 0 heterocycles. The predicted molar refractivity (Wildman–Crippen MR) is 307 cm³/mol. The van der Waals surface area contributed by atoms with E-state index in [1.54, 1.807) is 0 Å². The Bertz CT molecular complexity index is 1110. The molecular formula is C65H122O5. The number of hydrogen-bond acceptors (Lipinski definition) is 5. The molecule has 0 aromatic rings. The summed E-state index contributed by atoms with van der Waals surface area (Å²) in [6.07, 6.45) is 76.0. The fourth-order valence-electron chi connectivity index (χ4n) is 9.42. The number of esters is 2. The van der Waals surface area contributed by atoms with Crippen LogP contribution in [0.3, 0.4) is 0 Å². The van der Waals surface area contributed by atoms with Gasteiger partial charge in [-0.15, -0.1) is 0 Å². The van der Waals surface area contributed by atoms with Gasteiger partial charge in [0.2, 0.25) is 0 Å². The summed E-state index contributed by atoms with van der Waals surface area (Å²) >= 11 is 0. The Balaban J connectivity index is 4.24. The van der Waals surface area contributed by atoms with Crippen molar-refractivity contribution < 1.29 is 23.8 Å². The van der Waals surface area contributed by atoms with E-state index in [-0.39, 0.29) is 18.5 Å². The van der Waals surface area contributed by atoms with Gasteiger partial charge in [-0.1, -0.05) is 288 Å². The zero-order chi connectivity index (χ0) is 50.6. The molecular weight excluding hydrogens is 861 g/mol. The number of hydrogen-bond donors (Lipinski definition) is 0. The second-order valence-electron chi connectivity index (χ2n) is 21.3. The number of unbranched alkanes of at least 4 members (excludes halogenated alkanes) is 42. The van der Waals surface area contributed by atoms with Crippen molar-refractivity contribution in [3.8, 4) is 0 Å². The summed E-state index contributed by atoms with van der Waals surface area (Å²) in [5.74, 6) is -0.380. The molecule has 0 aliphatic carbocycles. The Morgan fingerprint density at radius 3 is 0.986 bits per heavy atom. The van der Waals surface area contributed by atoms with Gasteiger partial charge in [0.05, 0.1) is 6.61 Å². The molecule has 0 aliphatic rings. The molecule has 412 valence electrons. The number of carbonyl (C=O) groups excluding carboxylic acids is 2. The van der Waals surface area contributed by atoms with E-state index in [4.69, 9.17) is 14.2 Å². The van der Waals surface area contributed by atoms with Crippen LogP contribution in [0.2, 0.25) is 0 Å². The predicted octanol–water partition coefficient (Wildman–Crippen LogP) is 21.7. The Morgan fingerprint density at radius 1 is 0.314 bits per heavy atom. The highest BCUT2D eigenvalue weighted by Crippen LogP contribution is 2.17. The first-order valence-corrected chi connectivity index (χ1v) is 31.5. The second kappa shape index (κ2) is 61.4. The van der Waals surface area contributed by atoms with Crippen molar-refractivity contribution in [1.82, 2.24) is 0 Å². The van der Waals surface area contributed by atoms with Gasteiger partial charge in [0.15, 0.2) is 6.10 Å². The first-order chi connectivity index (χ1) is 34.6. The number of allylic oxidation sites excluding steroid dienone is 6. The quantitative estimate of drug-likeness (QED) is 0.0345. The largest absolute Gasteiger partial charge is 0.462 e. The van der Waals surface area contributed by atoms with Crippen molar-refractivity contribution in [2.24, 2.45) is 0 Å². The van der Waals surface area contributed by atoms with Crippen LogP contribution in [0.1, 0.15) is 342 Å². The van der Waals surface area contributed by atoms with Gasteiger partial charge >= 0.3 is 11.9 Å². The summed E-state index contributed by atoms with van der Waals surface area (Å²) in [6.45, 7) is 7.86. The minimum atomic E-state index is -0.536. The highest BCUT2D eigenvalue weighted by molar-refractivity contribution is 5.70. The lowest BCUT2D eigenvalue weighted by molar-refractivity contribution is -0.163. The second-order valence-corrected chi connectivity index (χ2v) is 21.3. The minimum Gasteiger partial charge on any atom is -0.462 e. The molecule has 0 rings (SSSR count). The maximum Gasteiger partial charge on any atom is 0.306 e. The summed E-state index contributed by atoms with van der Waals surface area (Å²) in [7, 11) is 0. The van der Waals surface area contributed by atoms with Crippen LogP contribution in [0.5, 0.6) is 0 Å². The van der Waals surface area contributed by atoms with E-state index < -0.39 is 6.10 Å². The van der Waals surface area contributed by atoms with Crippen LogP contribution < -0.4 is 0 Å². The molecule has 0 saturated heterocycles. The Labute approximate surface area is 438 Å². The van der Waals surface area contributed by atoms with Gasteiger partial charge < -0.3 is 14.2 Å². The highest BCUT2D eigenvalue weighted by Gasteiger charge is 2.18. The van der Waals surface area contributed by atoms with Gasteiger partial charge in [0.1, 0.15) is 6.61 Å². The first kappa shape index (κ1) is 68.1. The molecule has 0 aliphatic heterocycles. The van der Waals surface area contributed by atoms with Crippen molar-refractivity contribution >= 4 is 11.9 Å². The van der Waals surface area contributed by atoms with Crippen LogP contribution >= 0.6 is 0 Å². The summed E-state index contributed by atoms with van der Waals surface area (Å²) in [4.78, 5) is 25.6. The van der Waals surface area contributed by atoms with Crippen molar-refractivity contribution in [3.05, 3.63) is 36.5 Å². The van der Waals surface area contributed by atoms with E-state index in [2.05, 4.69) is 57.2 Å². The monoisotopic (exact) mass is 983 g/mol. The molecule has 70 heavy (non-hydrogen) atoms.